The molecule has 0 saturated heterocycles. The van der Waals surface area contributed by atoms with Gasteiger partial charge in [-0.1, -0.05) is 24.0 Å². The van der Waals surface area contributed by atoms with Crippen LogP contribution in [0.3, 0.4) is 0 Å². The van der Waals surface area contributed by atoms with Crippen LogP contribution in [0, 0.1) is 11.8 Å². The Hall–Kier alpha value is -2.35. The van der Waals surface area contributed by atoms with Gasteiger partial charge >= 0.3 is 0 Å². The summed E-state index contributed by atoms with van der Waals surface area (Å²) in [6, 6.07) is 12.3. The zero-order valence-corrected chi connectivity index (χ0v) is 15.9. The number of methoxy groups -OCH3 is 1. The Morgan fingerprint density at radius 2 is 2.00 bits per heavy atom. The molecule has 2 aromatic heterocycles. The van der Waals surface area contributed by atoms with Crippen molar-refractivity contribution in [2.24, 2.45) is 0 Å². The van der Waals surface area contributed by atoms with Gasteiger partial charge in [0.1, 0.15) is 0 Å². The third kappa shape index (κ3) is 4.19. The van der Waals surface area contributed by atoms with Gasteiger partial charge in [0, 0.05) is 30.6 Å². The van der Waals surface area contributed by atoms with Crippen molar-refractivity contribution in [3.8, 4) is 22.5 Å². The number of imidazole rings is 1. The highest BCUT2D eigenvalue weighted by Crippen LogP contribution is 2.30. The third-order valence-corrected chi connectivity index (χ3v) is 4.75. The van der Waals surface area contributed by atoms with E-state index in [1.54, 1.807) is 18.4 Å². The van der Waals surface area contributed by atoms with E-state index in [1.807, 2.05) is 30.6 Å². The molecule has 0 spiro atoms. The molecule has 4 heteroatoms. The van der Waals surface area contributed by atoms with E-state index in [9.17, 15) is 0 Å². The molecule has 128 valence electrons. The van der Waals surface area contributed by atoms with E-state index in [2.05, 4.69) is 60.4 Å². The van der Waals surface area contributed by atoms with Crippen LogP contribution >= 0.6 is 11.3 Å². The van der Waals surface area contributed by atoms with Gasteiger partial charge in [0.05, 0.1) is 16.4 Å². The van der Waals surface area contributed by atoms with Crippen LogP contribution in [0.2, 0.25) is 0 Å². The molecule has 0 aliphatic heterocycles. The maximum absolute atomic E-state index is 5.17. The molecule has 3 aromatic rings. The zero-order chi connectivity index (χ0) is 17.9. The molecule has 0 unspecified atom stereocenters. The lowest BCUT2D eigenvalue weighted by atomic mass is 10.1. The summed E-state index contributed by atoms with van der Waals surface area (Å²) in [4.78, 5) is 6.70. The fraction of sp³-hybridized carbons (Fsp3) is 0.286. The lowest BCUT2D eigenvalue weighted by molar-refractivity contribution is 0.185. The molecule has 0 fully saturated rings. The summed E-state index contributed by atoms with van der Waals surface area (Å²) in [5.74, 6) is 7.50. The fourth-order valence-electron chi connectivity index (χ4n) is 2.59. The first-order chi connectivity index (χ1) is 12.0. The molecule has 0 N–H and O–H groups in total. The number of rotatable bonds is 3. The minimum absolute atomic E-state index is 0.00343. The van der Waals surface area contributed by atoms with Crippen molar-refractivity contribution in [3.63, 3.8) is 0 Å². The van der Waals surface area contributed by atoms with Gasteiger partial charge in [-0.15, -0.1) is 11.3 Å². The van der Waals surface area contributed by atoms with E-state index in [0.29, 0.717) is 6.61 Å². The minimum atomic E-state index is 0.00343. The average molecular weight is 350 g/mol. The summed E-state index contributed by atoms with van der Waals surface area (Å²) in [5.41, 5.74) is 2.14. The summed E-state index contributed by atoms with van der Waals surface area (Å²) in [5, 5.41) is 0. The van der Waals surface area contributed by atoms with E-state index in [0.717, 1.165) is 26.7 Å². The normalized spacial score (nSPS) is 11.2. The summed E-state index contributed by atoms with van der Waals surface area (Å²) >= 11 is 1.67. The second-order valence-electron chi connectivity index (χ2n) is 6.84. The number of ether oxygens (including phenoxy) is 1. The smallest absolute Gasteiger partial charge is 0.150 e. The van der Waals surface area contributed by atoms with E-state index in [4.69, 9.17) is 4.74 Å². The molecule has 0 bridgehead atoms. The van der Waals surface area contributed by atoms with Gasteiger partial charge in [0.2, 0.25) is 0 Å². The van der Waals surface area contributed by atoms with E-state index >= 15 is 0 Å². The minimum Gasteiger partial charge on any atom is -0.380 e. The molecule has 0 amide bonds. The maximum Gasteiger partial charge on any atom is 0.150 e. The van der Waals surface area contributed by atoms with Crippen molar-refractivity contribution in [3.05, 3.63) is 64.8 Å². The number of aromatic nitrogens is 2. The Balaban J connectivity index is 1.84. The molecule has 0 aliphatic carbocycles. The van der Waals surface area contributed by atoms with Crippen LogP contribution < -0.4 is 0 Å². The molecule has 0 radical (unpaired) electrons. The number of nitrogens with zero attached hydrogens (tertiary/aromatic N) is 2. The van der Waals surface area contributed by atoms with Crippen molar-refractivity contribution in [2.45, 2.75) is 32.9 Å². The quantitative estimate of drug-likeness (QED) is 0.627. The van der Waals surface area contributed by atoms with E-state index < -0.39 is 0 Å². The van der Waals surface area contributed by atoms with Crippen molar-refractivity contribution in [1.29, 1.82) is 0 Å². The first-order valence-corrected chi connectivity index (χ1v) is 9.03. The predicted octanol–water partition coefficient (Wildman–Crippen LogP) is 4.91. The van der Waals surface area contributed by atoms with Gasteiger partial charge in [-0.2, -0.15) is 0 Å². The highest BCUT2D eigenvalue weighted by atomic mass is 32.1. The van der Waals surface area contributed by atoms with E-state index in [1.165, 1.54) is 0 Å². The molecule has 3 nitrogen and oxygen atoms in total. The largest absolute Gasteiger partial charge is 0.380 e. The molecule has 25 heavy (non-hydrogen) atoms. The zero-order valence-electron chi connectivity index (χ0n) is 15.0. The van der Waals surface area contributed by atoms with Crippen molar-refractivity contribution >= 4 is 11.3 Å². The SMILES string of the molecule is COCc1cccc(C#Cc2ccc(-c3nccn3C(C)(C)C)s2)c1. The van der Waals surface area contributed by atoms with Crippen LogP contribution in [0.25, 0.3) is 10.7 Å². The van der Waals surface area contributed by atoms with Crippen molar-refractivity contribution in [2.75, 3.05) is 7.11 Å². The lowest BCUT2D eigenvalue weighted by Gasteiger charge is -2.22. The summed E-state index contributed by atoms with van der Waals surface area (Å²) in [6.07, 6.45) is 3.88. The maximum atomic E-state index is 5.17. The second-order valence-corrected chi connectivity index (χ2v) is 7.92. The summed E-state index contributed by atoms with van der Waals surface area (Å²) in [7, 11) is 1.70. The van der Waals surface area contributed by atoms with Gasteiger partial charge in [-0.3, -0.25) is 0 Å². The van der Waals surface area contributed by atoms with Crippen LogP contribution in [0.15, 0.2) is 48.8 Å². The Bertz CT molecular complexity index is 919. The topological polar surface area (TPSA) is 27.1 Å². The average Bonchev–Trinajstić information content (AvgIpc) is 3.22. The van der Waals surface area contributed by atoms with Crippen molar-refractivity contribution in [1.82, 2.24) is 9.55 Å². The number of benzene rings is 1. The van der Waals surface area contributed by atoms with Gasteiger partial charge < -0.3 is 9.30 Å². The Labute approximate surface area is 153 Å². The number of hydrogen-bond donors (Lipinski definition) is 0. The van der Waals surface area contributed by atoms with Crippen molar-refractivity contribution < 1.29 is 4.74 Å². The molecule has 2 heterocycles. The van der Waals surface area contributed by atoms with Crippen LogP contribution in [-0.4, -0.2) is 16.7 Å². The van der Waals surface area contributed by atoms with Gasteiger partial charge in [0.25, 0.3) is 0 Å². The molecule has 1 aromatic carbocycles. The first-order valence-electron chi connectivity index (χ1n) is 8.21. The molecular weight excluding hydrogens is 328 g/mol. The monoisotopic (exact) mass is 350 g/mol. The Morgan fingerprint density at radius 3 is 2.76 bits per heavy atom. The molecule has 0 saturated carbocycles. The van der Waals surface area contributed by atoms with Gasteiger partial charge in [-0.25, -0.2) is 4.98 Å². The number of hydrogen-bond acceptors (Lipinski definition) is 3. The fourth-order valence-corrected chi connectivity index (χ4v) is 3.45. The van der Waals surface area contributed by atoms with Crippen LogP contribution in [0.4, 0.5) is 0 Å². The highest BCUT2D eigenvalue weighted by Gasteiger charge is 2.18. The second kappa shape index (κ2) is 7.26. The standard InChI is InChI=1S/C21H22N2OS/c1-21(2,3)23-13-12-22-20(23)19-11-10-18(25-19)9-8-16-6-5-7-17(14-16)15-24-4/h5-7,10-14H,15H2,1-4H3. The molecular formula is C21H22N2OS. The van der Waals surface area contributed by atoms with Crippen LogP contribution in [0.1, 0.15) is 36.8 Å². The summed E-state index contributed by atoms with van der Waals surface area (Å²) < 4.78 is 7.37. The lowest BCUT2D eigenvalue weighted by Crippen LogP contribution is -2.21. The van der Waals surface area contributed by atoms with Crippen LogP contribution in [-0.2, 0) is 16.9 Å². The highest BCUT2D eigenvalue weighted by molar-refractivity contribution is 7.15. The Morgan fingerprint density at radius 1 is 1.16 bits per heavy atom. The summed E-state index contributed by atoms with van der Waals surface area (Å²) in [6.45, 7) is 7.15. The molecule has 0 aliphatic rings. The third-order valence-electron chi connectivity index (χ3n) is 3.76. The van der Waals surface area contributed by atoms with Crippen LogP contribution in [0.5, 0.6) is 0 Å². The first kappa shape index (κ1) is 17.5. The predicted molar refractivity (Wildman–Crippen MR) is 104 cm³/mol. The van der Waals surface area contributed by atoms with Gasteiger partial charge in [-0.05, 0) is 50.6 Å². The Kier molecular flexibility index (Phi) is 5.08. The van der Waals surface area contributed by atoms with E-state index in [-0.39, 0.29) is 5.54 Å². The number of thiophene rings is 1. The molecule has 0 atom stereocenters. The molecule has 3 rings (SSSR count). The van der Waals surface area contributed by atoms with Gasteiger partial charge in [0.15, 0.2) is 5.82 Å².